The van der Waals surface area contributed by atoms with Crippen LogP contribution in [0.2, 0.25) is 0 Å². The van der Waals surface area contributed by atoms with Crippen LogP contribution in [0.5, 0.6) is 5.75 Å². The van der Waals surface area contributed by atoms with Crippen LogP contribution in [0.4, 0.5) is 0 Å². The zero-order valence-electron chi connectivity index (χ0n) is 7.14. The van der Waals surface area contributed by atoms with Gasteiger partial charge < -0.3 is 4.74 Å². The Kier molecular flexibility index (Phi) is 3.03. The van der Waals surface area contributed by atoms with Crippen molar-refractivity contribution in [3.63, 3.8) is 0 Å². The van der Waals surface area contributed by atoms with Crippen LogP contribution in [0, 0.1) is 10.1 Å². The van der Waals surface area contributed by atoms with Gasteiger partial charge in [-0.05, 0) is 17.7 Å². The molecule has 0 aromatic heterocycles. The van der Waals surface area contributed by atoms with E-state index in [0.29, 0.717) is 5.75 Å². The van der Waals surface area contributed by atoms with Gasteiger partial charge in [0.25, 0.3) is 0 Å². The highest BCUT2D eigenvalue weighted by atomic mass is 16.6. The Balaban J connectivity index is 2.83. The number of rotatable bonds is 3. The summed E-state index contributed by atoms with van der Waals surface area (Å²) in [4.78, 5) is 9.51. The molecule has 0 amide bonds. The van der Waals surface area contributed by atoms with Gasteiger partial charge in [-0.15, -0.1) is 0 Å². The number of methoxy groups -OCH3 is 1. The van der Waals surface area contributed by atoms with E-state index in [0.717, 1.165) is 11.8 Å². The molecule has 0 unspecified atom stereocenters. The second-order valence-corrected chi connectivity index (χ2v) is 2.38. The lowest BCUT2D eigenvalue weighted by atomic mass is 10.2. The lowest BCUT2D eigenvalue weighted by molar-refractivity contribution is -0.400. The lowest BCUT2D eigenvalue weighted by Crippen LogP contribution is -1.84. The fourth-order valence-electron chi connectivity index (χ4n) is 0.892. The minimum atomic E-state index is -0.501. The zero-order chi connectivity index (χ0) is 9.68. The van der Waals surface area contributed by atoms with E-state index in [2.05, 4.69) is 0 Å². The quantitative estimate of drug-likeness (QED) is 0.526. The van der Waals surface area contributed by atoms with Crippen LogP contribution in [0.1, 0.15) is 5.56 Å². The maximum Gasteiger partial charge on any atom is 0.235 e. The molecule has 0 bridgehead atoms. The highest BCUT2D eigenvalue weighted by Gasteiger charge is 1.93. The second-order valence-electron chi connectivity index (χ2n) is 2.38. The summed E-state index contributed by atoms with van der Waals surface area (Å²) in [6, 6.07) is 7.05. The maximum absolute atomic E-state index is 10.0. The number of nitrogens with zero attached hydrogens (tertiary/aromatic N) is 1. The molecular formula is C9H9NO3. The molecule has 0 heterocycles. The maximum atomic E-state index is 10.0. The summed E-state index contributed by atoms with van der Waals surface area (Å²) in [6.07, 6.45) is 2.32. The fraction of sp³-hybridized carbons (Fsp3) is 0.111. The Bertz CT molecular complexity index is 333. The first kappa shape index (κ1) is 9.25. The third-order valence-electron chi connectivity index (χ3n) is 1.48. The van der Waals surface area contributed by atoms with Gasteiger partial charge in [0.1, 0.15) is 5.75 Å². The van der Waals surface area contributed by atoms with Crippen LogP contribution < -0.4 is 4.74 Å². The van der Waals surface area contributed by atoms with Crippen molar-refractivity contribution in [2.24, 2.45) is 0 Å². The first-order valence-corrected chi connectivity index (χ1v) is 3.68. The van der Waals surface area contributed by atoms with Gasteiger partial charge >= 0.3 is 0 Å². The number of nitro groups is 1. The van der Waals surface area contributed by atoms with E-state index in [4.69, 9.17) is 4.74 Å². The average molecular weight is 179 g/mol. The summed E-state index contributed by atoms with van der Waals surface area (Å²) in [5.74, 6) is 0.686. The van der Waals surface area contributed by atoms with Crippen molar-refractivity contribution >= 4 is 6.08 Å². The molecule has 0 aliphatic carbocycles. The smallest absolute Gasteiger partial charge is 0.235 e. The van der Waals surface area contributed by atoms with Gasteiger partial charge in [-0.2, -0.15) is 0 Å². The minimum absolute atomic E-state index is 0.501. The van der Waals surface area contributed by atoms with Gasteiger partial charge in [0.05, 0.1) is 12.0 Å². The molecule has 0 atom stereocenters. The number of ether oxygens (including phenoxy) is 1. The van der Waals surface area contributed by atoms with E-state index in [1.54, 1.807) is 31.4 Å². The van der Waals surface area contributed by atoms with Crippen LogP contribution >= 0.6 is 0 Å². The van der Waals surface area contributed by atoms with E-state index in [9.17, 15) is 10.1 Å². The normalized spacial score (nSPS) is 10.2. The molecule has 4 nitrogen and oxygen atoms in total. The minimum Gasteiger partial charge on any atom is -0.497 e. The first-order valence-electron chi connectivity index (χ1n) is 3.68. The van der Waals surface area contributed by atoms with E-state index < -0.39 is 4.92 Å². The molecule has 0 radical (unpaired) electrons. The van der Waals surface area contributed by atoms with Gasteiger partial charge in [0, 0.05) is 6.08 Å². The number of benzene rings is 1. The molecule has 13 heavy (non-hydrogen) atoms. The summed E-state index contributed by atoms with van der Waals surface area (Å²) in [7, 11) is 1.55. The third-order valence-corrected chi connectivity index (χ3v) is 1.48. The molecule has 1 aromatic carbocycles. The molecule has 0 N–H and O–H groups in total. The Hall–Kier alpha value is -1.84. The summed E-state index contributed by atoms with van der Waals surface area (Å²) < 4.78 is 4.96. The van der Waals surface area contributed by atoms with Crippen molar-refractivity contribution < 1.29 is 9.66 Å². The molecule has 4 heteroatoms. The predicted octanol–water partition coefficient (Wildman–Crippen LogP) is 1.94. The van der Waals surface area contributed by atoms with Crippen molar-refractivity contribution in [3.8, 4) is 5.75 Å². The number of hydrogen-bond acceptors (Lipinski definition) is 3. The van der Waals surface area contributed by atoms with Gasteiger partial charge in [-0.1, -0.05) is 12.1 Å². The monoisotopic (exact) mass is 179 g/mol. The highest BCUT2D eigenvalue weighted by Crippen LogP contribution is 2.13. The SMILES string of the molecule is COc1cccc(/C=C/[N+](=O)[O-])c1. The van der Waals surface area contributed by atoms with Crippen LogP contribution in [0.25, 0.3) is 6.08 Å². The van der Waals surface area contributed by atoms with Crippen molar-refractivity contribution in [1.29, 1.82) is 0 Å². The molecule has 68 valence electrons. The van der Waals surface area contributed by atoms with E-state index >= 15 is 0 Å². The lowest BCUT2D eigenvalue weighted by Gasteiger charge is -1.98. The van der Waals surface area contributed by atoms with E-state index in [1.807, 2.05) is 0 Å². The molecule has 0 saturated heterocycles. The molecule has 1 aromatic rings. The Morgan fingerprint density at radius 2 is 2.31 bits per heavy atom. The van der Waals surface area contributed by atoms with Gasteiger partial charge in [-0.25, -0.2) is 0 Å². The Morgan fingerprint density at radius 1 is 1.54 bits per heavy atom. The van der Waals surface area contributed by atoms with Crippen LogP contribution in [-0.4, -0.2) is 12.0 Å². The molecule has 0 saturated carbocycles. The van der Waals surface area contributed by atoms with Crippen LogP contribution in [0.3, 0.4) is 0 Å². The highest BCUT2D eigenvalue weighted by molar-refractivity contribution is 5.50. The third kappa shape index (κ3) is 2.94. The van der Waals surface area contributed by atoms with Crippen molar-refractivity contribution in [2.75, 3.05) is 7.11 Å². The summed E-state index contributed by atoms with van der Waals surface area (Å²) in [5.41, 5.74) is 0.746. The second kappa shape index (κ2) is 4.25. The zero-order valence-corrected chi connectivity index (χ0v) is 7.14. The van der Waals surface area contributed by atoms with Crippen molar-refractivity contribution in [3.05, 3.63) is 46.1 Å². The van der Waals surface area contributed by atoms with E-state index in [1.165, 1.54) is 6.08 Å². The molecule has 0 aliphatic rings. The van der Waals surface area contributed by atoms with Crippen LogP contribution in [-0.2, 0) is 0 Å². The molecule has 0 spiro atoms. The summed E-state index contributed by atoms with van der Waals surface area (Å²) in [5, 5.41) is 10.0. The fourth-order valence-corrected chi connectivity index (χ4v) is 0.892. The topological polar surface area (TPSA) is 52.4 Å². The Morgan fingerprint density at radius 3 is 2.92 bits per heavy atom. The first-order chi connectivity index (χ1) is 6.22. The molecular weight excluding hydrogens is 170 g/mol. The standard InChI is InChI=1S/C9H9NO3/c1-13-9-4-2-3-8(7-9)5-6-10(11)12/h2-7H,1H3/b6-5+. The summed E-state index contributed by atoms with van der Waals surface area (Å²) >= 11 is 0. The molecule has 0 aliphatic heterocycles. The van der Waals surface area contributed by atoms with Gasteiger partial charge in [0.2, 0.25) is 6.20 Å². The largest absolute Gasteiger partial charge is 0.497 e. The number of hydrogen-bond donors (Lipinski definition) is 0. The van der Waals surface area contributed by atoms with Crippen molar-refractivity contribution in [1.82, 2.24) is 0 Å². The van der Waals surface area contributed by atoms with Gasteiger partial charge in [-0.3, -0.25) is 10.1 Å². The molecule has 1 rings (SSSR count). The van der Waals surface area contributed by atoms with Crippen LogP contribution in [0.15, 0.2) is 30.5 Å². The van der Waals surface area contributed by atoms with Gasteiger partial charge in [0.15, 0.2) is 0 Å². The Labute approximate surface area is 75.6 Å². The predicted molar refractivity (Wildman–Crippen MR) is 49.0 cm³/mol. The average Bonchev–Trinajstić information content (AvgIpc) is 2.15. The van der Waals surface area contributed by atoms with Crippen molar-refractivity contribution in [2.45, 2.75) is 0 Å². The summed E-state index contributed by atoms with van der Waals surface area (Å²) in [6.45, 7) is 0. The molecule has 0 fully saturated rings. The van der Waals surface area contributed by atoms with E-state index in [-0.39, 0.29) is 0 Å².